The van der Waals surface area contributed by atoms with Gasteiger partial charge in [-0.25, -0.2) is 8.42 Å². The van der Waals surface area contributed by atoms with Crippen molar-refractivity contribution in [1.29, 1.82) is 0 Å². The van der Waals surface area contributed by atoms with Crippen molar-refractivity contribution in [2.24, 2.45) is 0 Å². The number of ether oxygens (including phenoxy) is 1. The molecule has 1 fully saturated rings. The van der Waals surface area contributed by atoms with Crippen molar-refractivity contribution in [3.8, 4) is 0 Å². The topological polar surface area (TPSA) is 79.0 Å². The smallest absolute Gasteiger partial charge is 0.243 e. The monoisotopic (exact) mass is 459 g/mol. The molecular formula is C24H33N3O4S. The lowest BCUT2D eigenvalue weighted by atomic mass is 10.1. The van der Waals surface area contributed by atoms with Crippen LogP contribution in [0.4, 0.5) is 5.69 Å². The molecule has 8 heteroatoms. The number of morpholine rings is 1. The number of amides is 1. The zero-order valence-corrected chi connectivity index (χ0v) is 20.1. The maximum Gasteiger partial charge on any atom is 0.243 e. The zero-order valence-electron chi connectivity index (χ0n) is 19.3. The van der Waals surface area contributed by atoms with Crippen molar-refractivity contribution in [2.75, 3.05) is 36.9 Å². The van der Waals surface area contributed by atoms with E-state index in [9.17, 15) is 13.2 Å². The number of hydrogen-bond acceptors (Lipinski definition) is 5. The first-order chi connectivity index (χ1) is 15.1. The first-order valence-electron chi connectivity index (χ1n) is 10.9. The first-order valence-corrected chi connectivity index (χ1v) is 12.7. The molecule has 7 nitrogen and oxygen atoms in total. The number of rotatable bonds is 8. The lowest BCUT2D eigenvalue weighted by Gasteiger charge is -2.28. The number of benzene rings is 2. The van der Waals surface area contributed by atoms with Gasteiger partial charge in [-0.3, -0.25) is 14.0 Å². The summed E-state index contributed by atoms with van der Waals surface area (Å²) in [4.78, 5) is 15.2. The zero-order chi connectivity index (χ0) is 23.3. The molecule has 1 heterocycles. The van der Waals surface area contributed by atoms with Crippen molar-refractivity contribution in [3.63, 3.8) is 0 Å². The van der Waals surface area contributed by atoms with E-state index < -0.39 is 16.1 Å². The average Bonchev–Trinajstić information content (AvgIpc) is 2.75. The minimum Gasteiger partial charge on any atom is -0.379 e. The molecule has 32 heavy (non-hydrogen) atoms. The Morgan fingerprint density at radius 3 is 2.28 bits per heavy atom. The van der Waals surface area contributed by atoms with Gasteiger partial charge in [-0.1, -0.05) is 30.3 Å². The summed E-state index contributed by atoms with van der Waals surface area (Å²) in [6, 6.07) is 12.7. The maximum atomic E-state index is 12.8. The third-order valence-electron chi connectivity index (χ3n) is 5.83. The van der Waals surface area contributed by atoms with Crippen LogP contribution in [0.25, 0.3) is 0 Å². The second-order valence-electron chi connectivity index (χ2n) is 8.43. The predicted molar refractivity (Wildman–Crippen MR) is 127 cm³/mol. The third kappa shape index (κ3) is 6.31. The second-order valence-corrected chi connectivity index (χ2v) is 10.3. The number of nitrogens with one attached hydrogen (secondary N) is 1. The van der Waals surface area contributed by atoms with Gasteiger partial charge >= 0.3 is 0 Å². The van der Waals surface area contributed by atoms with E-state index >= 15 is 0 Å². The van der Waals surface area contributed by atoms with Crippen LogP contribution in [0.1, 0.15) is 29.2 Å². The quantitative estimate of drug-likeness (QED) is 0.657. The minimum atomic E-state index is -3.64. The summed E-state index contributed by atoms with van der Waals surface area (Å²) in [6.07, 6.45) is 1.12. The molecule has 1 amide bonds. The molecule has 1 atom stereocenters. The predicted octanol–water partition coefficient (Wildman–Crippen LogP) is 2.61. The van der Waals surface area contributed by atoms with Crippen molar-refractivity contribution < 1.29 is 17.9 Å². The molecule has 174 valence electrons. The van der Waals surface area contributed by atoms with E-state index in [1.807, 2.05) is 32.0 Å². The Hall–Kier alpha value is -2.42. The molecule has 0 spiro atoms. The van der Waals surface area contributed by atoms with Gasteiger partial charge in [-0.05, 0) is 55.2 Å². The summed E-state index contributed by atoms with van der Waals surface area (Å²) < 4.78 is 31.5. The van der Waals surface area contributed by atoms with Gasteiger partial charge in [0.15, 0.2) is 0 Å². The number of carbonyl (C=O) groups is 1. The molecular weight excluding hydrogens is 426 g/mol. The molecule has 0 unspecified atom stereocenters. The highest BCUT2D eigenvalue weighted by Crippen LogP contribution is 2.23. The van der Waals surface area contributed by atoms with Crippen LogP contribution in [0, 0.1) is 13.8 Å². The molecule has 0 saturated carbocycles. The standard InChI is InChI=1S/C24H33N3O4S/c1-18-5-10-23(15-19(18)2)27(32(4,29)30)20(3)24(28)25-16-21-6-8-22(9-7-21)17-26-11-13-31-14-12-26/h5-10,15,20H,11-14,16-17H2,1-4H3,(H,25,28)/t20-/m0/s1. The van der Waals surface area contributed by atoms with E-state index in [-0.39, 0.29) is 5.91 Å². The maximum absolute atomic E-state index is 12.8. The normalized spacial score (nSPS) is 15.9. The molecule has 3 rings (SSSR count). The van der Waals surface area contributed by atoms with E-state index in [4.69, 9.17) is 4.74 Å². The van der Waals surface area contributed by atoms with Crippen LogP contribution in [0.3, 0.4) is 0 Å². The Labute approximate surface area is 191 Å². The van der Waals surface area contributed by atoms with Crippen LogP contribution in [-0.4, -0.2) is 57.8 Å². The van der Waals surface area contributed by atoms with Crippen LogP contribution < -0.4 is 9.62 Å². The molecule has 1 aliphatic heterocycles. The summed E-state index contributed by atoms with van der Waals surface area (Å²) in [5.41, 5.74) is 4.71. The molecule has 2 aromatic rings. The van der Waals surface area contributed by atoms with Gasteiger partial charge in [0.2, 0.25) is 15.9 Å². The highest BCUT2D eigenvalue weighted by atomic mass is 32.2. The van der Waals surface area contributed by atoms with Gasteiger partial charge in [0, 0.05) is 26.2 Å². The Morgan fingerprint density at radius 1 is 1.06 bits per heavy atom. The van der Waals surface area contributed by atoms with Gasteiger partial charge in [0.05, 0.1) is 25.2 Å². The van der Waals surface area contributed by atoms with Crippen LogP contribution in [0.2, 0.25) is 0 Å². The third-order valence-corrected chi connectivity index (χ3v) is 7.07. The SMILES string of the molecule is Cc1ccc(N([C@@H](C)C(=O)NCc2ccc(CN3CCOCC3)cc2)S(C)(=O)=O)cc1C. The molecule has 0 aromatic heterocycles. The Bertz CT molecular complexity index is 1030. The molecule has 1 aliphatic rings. The molecule has 2 aromatic carbocycles. The van der Waals surface area contributed by atoms with Gasteiger partial charge in [-0.2, -0.15) is 0 Å². The number of sulfonamides is 1. The number of anilines is 1. The summed E-state index contributed by atoms with van der Waals surface area (Å²) in [5, 5.41) is 2.88. The highest BCUT2D eigenvalue weighted by Gasteiger charge is 2.29. The van der Waals surface area contributed by atoms with E-state index in [1.165, 1.54) is 9.87 Å². The van der Waals surface area contributed by atoms with Crippen molar-refractivity contribution in [1.82, 2.24) is 10.2 Å². The lowest BCUT2D eigenvalue weighted by molar-refractivity contribution is -0.122. The Kier molecular flexibility index (Phi) is 7.92. The van der Waals surface area contributed by atoms with E-state index in [1.54, 1.807) is 19.1 Å². The van der Waals surface area contributed by atoms with Crippen LogP contribution in [0.15, 0.2) is 42.5 Å². The second kappa shape index (κ2) is 10.5. The fourth-order valence-electron chi connectivity index (χ4n) is 3.79. The Balaban J connectivity index is 1.62. The fraction of sp³-hybridized carbons (Fsp3) is 0.458. The molecule has 1 N–H and O–H groups in total. The van der Waals surface area contributed by atoms with E-state index in [0.717, 1.165) is 55.8 Å². The number of aryl methyl sites for hydroxylation is 2. The van der Waals surface area contributed by atoms with Gasteiger partial charge in [0.25, 0.3) is 0 Å². The largest absolute Gasteiger partial charge is 0.379 e. The molecule has 0 bridgehead atoms. The number of nitrogens with zero attached hydrogens (tertiary/aromatic N) is 2. The Morgan fingerprint density at radius 2 is 1.69 bits per heavy atom. The number of carbonyl (C=O) groups excluding carboxylic acids is 1. The summed E-state index contributed by atoms with van der Waals surface area (Å²) in [5.74, 6) is -0.342. The summed E-state index contributed by atoms with van der Waals surface area (Å²) in [6.45, 7) is 10.1. The van der Waals surface area contributed by atoms with Crippen LogP contribution in [0.5, 0.6) is 0 Å². The van der Waals surface area contributed by atoms with Crippen molar-refractivity contribution in [2.45, 2.75) is 39.9 Å². The lowest BCUT2D eigenvalue weighted by Crippen LogP contribution is -2.47. The molecule has 1 saturated heterocycles. The summed E-state index contributed by atoms with van der Waals surface area (Å²) >= 11 is 0. The number of hydrogen-bond donors (Lipinski definition) is 1. The van der Waals surface area contributed by atoms with Crippen LogP contribution >= 0.6 is 0 Å². The first kappa shape index (κ1) is 24.2. The average molecular weight is 460 g/mol. The molecule has 0 radical (unpaired) electrons. The van der Waals surface area contributed by atoms with Crippen LogP contribution in [-0.2, 0) is 32.6 Å². The molecule has 0 aliphatic carbocycles. The van der Waals surface area contributed by atoms with Gasteiger partial charge < -0.3 is 10.1 Å². The van der Waals surface area contributed by atoms with E-state index in [2.05, 4.69) is 22.3 Å². The fourth-order valence-corrected chi connectivity index (χ4v) is 4.96. The van der Waals surface area contributed by atoms with E-state index in [0.29, 0.717) is 12.2 Å². The van der Waals surface area contributed by atoms with Crippen molar-refractivity contribution >= 4 is 21.6 Å². The minimum absolute atomic E-state index is 0.339. The van der Waals surface area contributed by atoms with Gasteiger partial charge in [0.1, 0.15) is 6.04 Å². The summed E-state index contributed by atoms with van der Waals surface area (Å²) in [7, 11) is -3.64. The van der Waals surface area contributed by atoms with Gasteiger partial charge in [-0.15, -0.1) is 0 Å². The highest BCUT2D eigenvalue weighted by molar-refractivity contribution is 7.92. The van der Waals surface area contributed by atoms with Crippen molar-refractivity contribution in [3.05, 3.63) is 64.7 Å².